The van der Waals surface area contributed by atoms with Crippen LogP contribution in [0.15, 0.2) is 0 Å². The fraction of sp³-hybridized carbons (Fsp3) is 0.833. The zero-order valence-corrected chi connectivity index (χ0v) is 11.2. The van der Waals surface area contributed by atoms with Crippen LogP contribution < -0.4 is 5.32 Å². The maximum atomic E-state index is 13.6. The number of esters is 1. The van der Waals surface area contributed by atoms with E-state index >= 15 is 0 Å². The van der Waals surface area contributed by atoms with Gasteiger partial charge in [0.25, 0.3) is 0 Å². The van der Waals surface area contributed by atoms with Gasteiger partial charge >= 0.3 is 12.1 Å². The molecule has 0 aromatic rings. The Hall–Kier alpha value is -1.33. The van der Waals surface area contributed by atoms with Gasteiger partial charge in [-0.25, -0.2) is 14.0 Å². The molecule has 1 aliphatic rings. The van der Waals surface area contributed by atoms with Crippen LogP contribution in [-0.4, -0.2) is 36.5 Å². The number of alkyl carbamates (subject to hydrolysis) is 1. The largest absolute Gasteiger partial charge is 0.467 e. The number of amides is 1. The zero-order valence-electron chi connectivity index (χ0n) is 11.2. The third kappa shape index (κ3) is 4.89. The van der Waals surface area contributed by atoms with Crippen molar-refractivity contribution in [3.05, 3.63) is 0 Å². The van der Waals surface area contributed by atoms with Crippen LogP contribution in [0.3, 0.4) is 0 Å². The van der Waals surface area contributed by atoms with Crippen molar-refractivity contribution < 1.29 is 23.5 Å². The molecule has 0 bridgehead atoms. The summed E-state index contributed by atoms with van der Waals surface area (Å²) in [6.45, 7) is 5.12. The Morgan fingerprint density at radius 1 is 1.39 bits per heavy atom. The van der Waals surface area contributed by atoms with E-state index in [1.807, 2.05) is 0 Å². The Kier molecular flexibility index (Phi) is 4.19. The van der Waals surface area contributed by atoms with Gasteiger partial charge in [-0.3, -0.25) is 0 Å². The van der Waals surface area contributed by atoms with E-state index in [1.54, 1.807) is 20.8 Å². The van der Waals surface area contributed by atoms with E-state index in [2.05, 4.69) is 10.1 Å². The summed E-state index contributed by atoms with van der Waals surface area (Å²) in [7, 11) is 1.20. The molecule has 18 heavy (non-hydrogen) atoms. The molecule has 0 radical (unpaired) electrons. The Morgan fingerprint density at radius 2 is 1.94 bits per heavy atom. The zero-order chi connectivity index (χ0) is 14.0. The number of methoxy groups -OCH3 is 1. The van der Waals surface area contributed by atoms with Crippen LogP contribution in [0.25, 0.3) is 0 Å². The molecule has 104 valence electrons. The fourth-order valence-electron chi connectivity index (χ4n) is 1.49. The minimum absolute atomic E-state index is 0.0705. The molecule has 0 heterocycles. The topological polar surface area (TPSA) is 64.6 Å². The molecular weight excluding hydrogens is 241 g/mol. The molecule has 0 unspecified atom stereocenters. The molecule has 0 spiro atoms. The third-order valence-corrected chi connectivity index (χ3v) is 2.54. The second-order valence-corrected chi connectivity index (χ2v) is 5.58. The highest BCUT2D eigenvalue weighted by Crippen LogP contribution is 2.43. The van der Waals surface area contributed by atoms with Gasteiger partial charge < -0.3 is 14.8 Å². The van der Waals surface area contributed by atoms with Crippen molar-refractivity contribution >= 4 is 12.1 Å². The molecule has 1 atom stereocenters. The molecule has 1 rings (SSSR count). The standard InChI is InChI=1S/C12H20FNO4/c1-11(2,3)18-10(16)14-8(9(15)17-4)7-12(13)5-6-12/h8H,5-7H2,1-4H3,(H,14,16)/t8-/m0/s1. The first-order valence-electron chi connectivity index (χ1n) is 5.91. The summed E-state index contributed by atoms with van der Waals surface area (Å²) >= 11 is 0. The number of alkyl halides is 1. The highest BCUT2D eigenvalue weighted by molar-refractivity contribution is 5.81. The van der Waals surface area contributed by atoms with Crippen molar-refractivity contribution in [1.29, 1.82) is 0 Å². The molecule has 0 aromatic carbocycles. The highest BCUT2D eigenvalue weighted by atomic mass is 19.1. The third-order valence-electron chi connectivity index (χ3n) is 2.54. The van der Waals surface area contributed by atoms with Crippen LogP contribution in [0.1, 0.15) is 40.0 Å². The Bertz CT molecular complexity index is 333. The summed E-state index contributed by atoms with van der Waals surface area (Å²) in [6, 6.07) is -1.00. The van der Waals surface area contributed by atoms with Crippen molar-refractivity contribution in [2.24, 2.45) is 0 Å². The average molecular weight is 261 g/mol. The number of nitrogens with one attached hydrogen (secondary N) is 1. The number of ether oxygens (including phenoxy) is 2. The number of carbonyl (C=O) groups is 2. The molecule has 1 aliphatic carbocycles. The van der Waals surface area contributed by atoms with Crippen LogP contribution in [0, 0.1) is 0 Å². The van der Waals surface area contributed by atoms with Crippen molar-refractivity contribution in [2.75, 3.05) is 7.11 Å². The Labute approximate surface area is 106 Å². The predicted molar refractivity (Wildman–Crippen MR) is 62.9 cm³/mol. The van der Waals surface area contributed by atoms with Crippen LogP contribution in [0.5, 0.6) is 0 Å². The van der Waals surface area contributed by atoms with Gasteiger partial charge in [0.2, 0.25) is 0 Å². The van der Waals surface area contributed by atoms with Crippen molar-refractivity contribution in [3.63, 3.8) is 0 Å². The summed E-state index contributed by atoms with van der Waals surface area (Å²) in [5.41, 5.74) is -2.02. The van der Waals surface area contributed by atoms with E-state index in [0.29, 0.717) is 12.8 Å². The van der Waals surface area contributed by atoms with Gasteiger partial charge in [-0.2, -0.15) is 0 Å². The van der Waals surface area contributed by atoms with E-state index in [0.717, 1.165) is 0 Å². The SMILES string of the molecule is COC(=O)[C@H](CC1(F)CC1)NC(=O)OC(C)(C)C. The number of hydrogen-bond donors (Lipinski definition) is 1. The average Bonchev–Trinajstić information content (AvgIpc) is 2.91. The fourth-order valence-corrected chi connectivity index (χ4v) is 1.49. The van der Waals surface area contributed by atoms with Gasteiger partial charge in [-0.1, -0.05) is 0 Å². The maximum Gasteiger partial charge on any atom is 0.408 e. The van der Waals surface area contributed by atoms with Gasteiger partial charge in [0.05, 0.1) is 7.11 Å². The van der Waals surface area contributed by atoms with Gasteiger partial charge in [-0.05, 0) is 33.6 Å². The summed E-state index contributed by atoms with van der Waals surface area (Å²) in [6.07, 6.45) is 0.00785. The Morgan fingerprint density at radius 3 is 2.33 bits per heavy atom. The molecular formula is C12H20FNO4. The molecule has 0 aromatic heterocycles. The summed E-state index contributed by atoms with van der Waals surface area (Å²) < 4.78 is 23.2. The molecule has 0 saturated heterocycles. The number of halogens is 1. The highest BCUT2D eigenvalue weighted by Gasteiger charge is 2.47. The van der Waals surface area contributed by atoms with E-state index in [9.17, 15) is 14.0 Å². The monoisotopic (exact) mass is 261 g/mol. The van der Waals surface area contributed by atoms with Crippen LogP contribution in [0.2, 0.25) is 0 Å². The molecule has 1 amide bonds. The van der Waals surface area contributed by atoms with Gasteiger partial charge in [-0.15, -0.1) is 0 Å². The molecule has 5 nitrogen and oxygen atoms in total. The number of rotatable bonds is 4. The molecule has 1 saturated carbocycles. The van der Waals surface area contributed by atoms with Crippen LogP contribution >= 0.6 is 0 Å². The first kappa shape index (κ1) is 14.7. The molecule has 0 aliphatic heterocycles. The smallest absolute Gasteiger partial charge is 0.408 e. The molecule has 1 N–H and O–H groups in total. The summed E-state index contributed by atoms with van der Waals surface area (Å²) in [5, 5.41) is 2.35. The van der Waals surface area contributed by atoms with Gasteiger partial charge in [0.15, 0.2) is 0 Å². The summed E-state index contributed by atoms with van der Waals surface area (Å²) in [4.78, 5) is 23.0. The van der Waals surface area contributed by atoms with Crippen LogP contribution in [-0.2, 0) is 14.3 Å². The van der Waals surface area contributed by atoms with Crippen molar-refractivity contribution in [2.45, 2.75) is 57.3 Å². The van der Waals surface area contributed by atoms with Crippen LogP contribution in [0.4, 0.5) is 9.18 Å². The Balaban J connectivity index is 2.55. The lowest BCUT2D eigenvalue weighted by molar-refractivity contribution is -0.143. The lowest BCUT2D eigenvalue weighted by atomic mass is 10.1. The first-order chi connectivity index (χ1) is 8.15. The lowest BCUT2D eigenvalue weighted by Gasteiger charge is -2.23. The second kappa shape index (κ2) is 5.12. The normalized spacial score (nSPS) is 18.7. The van der Waals surface area contributed by atoms with E-state index in [4.69, 9.17) is 4.74 Å². The number of carbonyl (C=O) groups excluding carboxylic acids is 2. The van der Waals surface area contributed by atoms with Gasteiger partial charge in [0.1, 0.15) is 17.3 Å². The van der Waals surface area contributed by atoms with Gasteiger partial charge in [0, 0.05) is 6.42 Å². The lowest BCUT2D eigenvalue weighted by Crippen LogP contribution is -2.45. The van der Waals surface area contributed by atoms with Crippen molar-refractivity contribution in [1.82, 2.24) is 5.32 Å². The van der Waals surface area contributed by atoms with E-state index < -0.39 is 29.4 Å². The number of hydrogen-bond acceptors (Lipinski definition) is 4. The second-order valence-electron chi connectivity index (χ2n) is 5.58. The van der Waals surface area contributed by atoms with E-state index in [1.165, 1.54) is 7.11 Å². The maximum absolute atomic E-state index is 13.6. The van der Waals surface area contributed by atoms with Crippen molar-refractivity contribution in [3.8, 4) is 0 Å². The minimum Gasteiger partial charge on any atom is -0.467 e. The molecule has 1 fully saturated rings. The predicted octanol–water partition coefficient (Wildman–Crippen LogP) is 1.94. The summed E-state index contributed by atoms with van der Waals surface area (Å²) in [5.74, 6) is -0.662. The van der Waals surface area contributed by atoms with E-state index in [-0.39, 0.29) is 6.42 Å². The molecule has 6 heteroatoms. The minimum atomic E-state index is -1.35. The first-order valence-corrected chi connectivity index (χ1v) is 5.91. The quantitative estimate of drug-likeness (QED) is 0.785.